The van der Waals surface area contributed by atoms with Crippen LogP contribution >= 0.6 is 11.8 Å². The number of amides is 3. The van der Waals surface area contributed by atoms with Crippen molar-refractivity contribution in [2.75, 3.05) is 0 Å². The fraction of sp³-hybridized carbons (Fsp3) is 0.238. The van der Waals surface area contributed by atoms with Crippen molar-refractivity contribution in [1.29, 1.82) is 0 Å². The minimum atomic E-state index is -0.899. The Bertz CT molecular complexity index is 1020. The summed E-state index contributed by atoms with van der Waals surface area (Å²) in [4.78, 5) is 23.6. The molecule has 0 saturated heterocycles. The maximum absolute atomic E-state index is 13.4. The zero-order chi connectivity index (χ0) is 21.7. The highest BCUT2D eigenvalue weighted by Gasteiger charge is 2.28. The Hall–Kier alpha value is -3.20. The second-order valence-corrected chi connectivity index (χ2v) is 8.13. The number of urea groups is 1. The summed E-state index contributed by atoms with van der Waals surface area (Å²) in [5.74, 6) is -0.366. The van der Waals surface area contributed by atoms with Gasteiger partial charge in [-0.05, 0) is 35.7 Å². The first kappa shape index (κ1) is 21.5. The molecule has 0 aliphatic rings. The number of aromatic nitrogens is 3. The number of carbonyl (C=O) groups excluding carboxylic acids is 2. The van der Waals surface area contributed by atoms with E-state index in [2.05, 4.69) is 15.5 Å². The minimum Gasteiger partial charge on any atom is -0.351 e. The highest BCUT2D eigenvalue weighted by Crippen LogP contribution is 2.31. The lowest BCUT2D eigenvalue weighted by Crippen LogP contribution is -2.42. The second-order valence-electron chi connectivity index (χ2n) is 7.02. The van der Waals surface area contributed by atoms with Gasteiger partial charge >= 0.3 is 6.03 Å². The number of benzene rings is 2. The van der Waals surface area contributed by atoms with Crippen LogP contribution in [0.5, 0.6) is 0 Å². The van der Waals surface area contributed by atoms with Crippen molar-refractivity contribution in [3.05, 3.63) is 66.0 Å². The summed E-state index contributed by atoms with van der Waals surface area (Å²) in [5.41, 5.74) is 6.83. The third-order valence-electron chi connectivity index (χ3n) is 4.35. The fourth-order valence-corrected chi connectivity index (χ4v) is 3.93. The van der Waals surface area contributed by atoms with E-state index < -0.39 is 17.2 Å². The number of hydrogen-bond donors (Lipinski definition) is 2. The number of nitrogens with one attached hydrogen (secondary N) is 1. The number of hydrogen-bond acceptors (Lipinski definition) is 5. The molecule has 3 N–H and O–H groups in total. The molecule has 0 spiro atoms. The van der Waals surface area contributed by atoms with E-state index in [0.29, 0.717) is 23.1 Å². The van der Waals surface area contributed by atoms with Crippen molar-refractivity contribution < 1.29 is 14.0 Å². The molecule has 0 saturated carbocycles. The zero-order valence-corrected chi connectivity index (χ0v) is 17.4. The van der Waals surface area contributed by atoms with Gasteiger partial charge in [-0.1, -0.05) is 55.9 Å². The van der Waals surface area contributed by atoms with E-state index in [1.165, 1.54) is 23.9 Å². The van der Waals surface area contributed by atoms with Crippen LogP contribution in [0, 0.1) is 11.7 Å². The van der Waals surface area contributed by atoms with Crippen molar-refractivity contribution in [3.63, 3.8) is 0 Å². The number of nitrogens with two attached hydrogens (primary N) is 1. The highest BCUT2D eigenvalue weighted by molar-refractivity contribution is 8.00. The summed E-state index contributed by atoms with van der Waals surface area (Å²) in [6.07, 6.45) is 0. The molecular weight excluding hydrogens is 405 g/mol. The van der Waals surface area contributed by atoms with E-state index in [0.717, 1.165) is 5.56 Å². The number of rotatable bonds is 7. The second kappa shape index (κ2) is 9.53. The van der Waals surface area contributed by atoms with Gasteiger partial charge in [0, 0.05) is 5.56 Å². The summed E-state index contributed by atoms with van der Waals surface area (Å²) in [6, 6.07) is 14.8. The lowest BCUT2D eigenvalue weighted by Gasteiger charge is -2.19. The van der Waals surface area contributed by atoms with E-state index >= 15 is 0 Å². The van der Waals surface area contributed by atoms with Gasteiger partial charge < -0.3 is 5.73 Å². The molecule has 0 aliphatic heterocycles. The number of halogens is 1. The molecule has 156 valence electrons. The van der Waals surface area contributed by atoms with E-state index in [4.69, 9.17) is 5.73 Å². The van der Waals surface area contributed by atoms with Crippen LogP contribution in [-0.4, -0.2) is 32.0 Å². The molecule has 9 heteroatoms. The minimum absolute atomic E-state index is 0.0921. The average Bonchev–Trinajstić information content (AvgIpc) is 3.09. The maximum Gasteiger partial charge on any atom is 0.318 e. The fourth-order valence-electron chi connectivity index (χ4n) is 2.90. The molecule has 0 aliphatic carbocycles. The quantitative estimate of drug-likeness (QED) is 0.562. The molecule has 1 aromatic heterocycles. The van der Waals surface area contributed by atoms with E-state index in [9.17, 15) is 14.0 Å². The summed E-state index contributed by atoms with van der Waals surface area (Å²) in [6.45, 7) is 4.21. The standard InChI is InChI=1S/C21H22FN5O2S/c1-13(2)17(19(28)24-20(23)29)30-21-26-25-18(15-8-10-16(22)11-9-15)27(21)12-14-6-4-3-5-7-14/h3-11,13,17H,12H2,1-2H3,(H3,23,24,28,29). The predicted molar refractivity (Wildman–Crippen MR) is 113 cm³/mol. The summed E-state index contributed by atoms with van der Waals surface area (Å²) >= 11 is 1.21. The van der Waals surface area contributed by atoms with Crippen LogP contribution in [0.1, 0.15) is 19.4 Å². The van der Waals surface area contributed by atoms with Crippen LogP contribution in [-0.2, 0) is 11.3 Å². The van der Waals surface area contributed by atoms with Gasteiger partial charge in [0.15, 0.2) is 11.0 Å². The number of imide groups is 1. The molecule has 1 heterocycles. The Morgan fingerprint density at radius 2 is 1.77 bits per heavy atom. The first-order valence-corrected chi connectivity index (χ1v) is 10.2. The smallest absolute Gasteiger partial charge is 0.318 e. The SMILES string of the molecule is CC(C)C(Sc1nnc(-c2ccc(F)cc2)n1Cc1ccccc1)C(=O)NC(N)=O. The lowest BCUT2D eigenvalue weighted by molar-refractivity contribution is -0.120. The van der Waals surface area contributed by atoms with Gasteiger partial charge in [-0.2, -0.15) is 0 Å². The van der Waals surface area contributed by atoms with Crippen molar-refractivity contribution >= 4 is 23.7 Å². The third-order valence-corrected chi connectivity index (χ3v) is 5.87. The topological polar surface area (TPSA) is 103 Å². The molecule has 30 heavy (non-hydrogen) atoms. The number of nitrogens with zero attached hydrogens (tertiary/aromatic N) is 3. The molecule has 3 amide bonds. The number of thioether (sulfide) groups is 1. The van der Waals surface area contributed by atoms with Gasteiger partial charge in [0.05, 0.1) is 11.8 Å². The van der Waals surface area contributed by atoms with E-state index in [1.54, 1.807) is 12.1 Å². The first-order chi connectivity index (χ1) is 14.3. The zero-order valence-electron chi connectivity index (χ0n) is 16.6. The van der Waals surface area contributed by atoms with Crippen LogP contribution in [0.3, 0.4) is 0 Å². The van der Waals surface area contributed by atoms with Crippen molar-refractivity contribution in [3.8, 4) is 11.4 Å². The Labute approximate surface area is 177 Å². The summed E-state index contributed by atoms with van der Waals surface area (Å²) < 4.78 is 15.3. The van der Waals surface area contributed by atoms with Gasteiger partial charge in [-0.3, -0.25) is 14.7 Å². The van der Waals surface area contributed by atoms with Gasteiger partial charge in [-0.15, -0.1) is 10.2 Å². The highest BCUT2D eigenvalue weighted by atomic mass is 32.2. The van der Waals surface area contributed by atoms with Crippen LogP contribution in [0.15, 0.2) is 59.8 Å². The van der Waals surface area contributed by atoms with Gasteiger partial charge in [0.1, 0.15) is 5.82 Å². The molecule has 0 bridgehead atoms. The Morgan fingerprint density at radius 1 is 1.10 bits per heavy atom. The van der Waals surface area contributed by atoms with Gasteiger partial charge in [0.2, 0.25) is 5.91 Å². The largest absolute Gasteiger partial charge is 0.351 e. The average molecular weight is 428 g/mol. The Kier molecular flexibility index (Phi) is 6.83. The lowest BCUT2D eigenvalue weighted by atomic mass is 10.1. The number of carbonyl (C=O) groups is 2. The van der Waals surface area contributed by atoms with Crippen molar-refractivity contribution in [2.24, 2.45) is 11.7 Å². The normalized spacial score (nSPS) is 12.0. The summed E-state index contributed by atoms with van der Waals surface area (Å²) in [5, 5.41) is 10.6. The molecule has 1 unspecified atom stereocenters. The van der Waals surface area contributed by atoms with Crippen LogP contribution < -0.4 is 11.1 Å². The number of primary amides is 1. The van der Waals surface area contributed by atoms with Crippen molar-refractivity contribution in [1.82, 2.24) is 20.1 Å². The Balaban J connectivity index is 1.99. The Morgan fingerprint density at radius 3 is 2.37 bits per heavy atom. The van der Waals surface area contributed by atoms with Crippen LogP contribution in [0.2, 0.25) is 0 Å². The maximum atomic E-state index is 13.4. The van der Waals surface area contributed by atoms with Crippen LogP contribution in [0.25, 0.3) is 11.4 Å². The first-order valence-electron chi connectivity index (χ1n) is 9.35. The van der Waals surface area contributed by atoms with Gasteiger partial charge in [-0.25, -0.2) is 9.18 Å². The monoisotopic (exact) mass is 427 g/mol. The molecule has 1 atom stereocenters. The molecular formula is C21H22FN5O2S. The van der Waals surface area contributed by atoms with E-state index in [1.807, 2.05) is 48.7 Å². The molecule has 2 aromatic carbocycles. The van der Waals surface area contributed by atoms with Crippen LogP contribution in [0.4, 0.5) is 9.18 Å². The van der Waals surface area contributed by atoms with Crippen molar-refractivity contribution in [2.45, 2.75) is 30.8 Å². The van der Waals surface area contributed by atoms with E-state index in [-0.39, 0.29) is 11.7 Å². The molecule has 7 nitrogen and oxygen atoms in total. The third kappa shape index (κ3) is 5.24. The molecule has 0 radical (unpaired) electrons. The predicted octanol–water partition coefficient (Wildman–Crippen LogP) is 3.44. The molecule has 3 rings (SSSR count). The summed E-state index contributed by atoms with van der Waals surface area (Å²) in [7, 11) is 0. The molecule has 0 fully saturated rings. The molecule has 3 aromatic rings. The van der Waals surface area contributed by atoms with Gasteiger partial charge in [0.25, 0.3) is 0 Å².